The number of hydrogen-bond acceptors (Lipinski definition) is 4. The van der Waals surface area contributed by atoms with Crippen molar-refractivity contribution in [1.82, 2.24) is 9.80 Å². The fourth-order valence-electron chi connectivity index (χ4n) is 3.93. The second kappa shape index (κ2) is 8.36. The zero-order valence-corrected chi connectivity index (χ0v) is 16.2. The Bertz CT molecular complexity index is 956. The molecule has 0 bridgehead atoms. The number of rotatable bonds is 3. The SMILES string of the molecule is N#C/C(=C/N1CCc2ccccc2C1)C(=O)N1CCN(c2ccc(F)cc2)CC1. The van der Waals surface area contributed by atoms with Crippen LogP contribution in [0.2, 0.25) is 0 Å². The van der Waals surface area contributed by atoms with Crippen molar-refractivity contribution < 1.29 is 9.18 Å². The largest absolute Gasteiger partial charge is 0.371 e. The van der Waals surface area contributed by atoms with E-state index in [0.29, 0.717) is 32.7 Å². The molecule has 1 saturated heterocycles. The Morgan fingerprint density at radius 2 is 1.66 bits per heavy atom. The highest BCUT2D eigenvalue weighted by Gasteiger charge is 2.25. The molecular formula is C23H23FN4O. The number of carbonyl (C=O) groups is 1. The van der Waals surface area contributed by atoms with E-state index >= 15 is 0 Å². The molecule has 2 aromatic rings. The van der Waals surface area contributed by atoms with Crippen LogP contribution in [0.25, 0.3) is 0 Å². The second-order valence-corrected chi connectivity index (χ2v) is 7.40. The Kier molecular flexibility index (Phi) is 5.48. The molecule has 6 heteroatoms. The maximum atomic E-state index is 13.1. The van der Waals surface area contributed by atoms with Crippen molar-refractivity contribution >= 4 is 11.6 Å². The Morgan fingerprint density at radius 3 is 2.34 bits per heavy atom. The van der Waals surface area contributed by atoms with E-state index in [-0.39, 0.29) is 17.3 Å². The van der Waals surface area contributed by atoms with Gasteiger partial charge in [0.2, 0.25) is 0 Å². The number of nitriles is 1. The molecular weight excluding hydrogens is 367 g/mol. The van der Waals surface area contributed by atoms with Gasteiger partial charge >= 0.3 is 0 Å². The average molecular weight is 390 g/mol. The van der Waals surface area contributed by atoms with Gasteiger partial charge in [0.05, 0.1) is 0 Å². The summed E-state index contributed by atoms with van der Waals surface area (Å²) in [6.45, 7) is 3.91. The Labute approximate surface area is 170 Å². The van der Waals surface area contributed by atoms with Crippen LogP contribution < -0.4 is 4.90 Å². The quantitative estimate of drug-likeness (QED) is 0.597. The monoisotopic (exact) mass is 390 g/mol. The summed E-state index contributed by atoms with van der Waals surface area (Å²) < 4.78 is 13.1. The molecule has 148 valence electrons. The van der Waals surface area contributed by atoms with E-state index in [1.54, 1.807) is 23.2 Å². The predicted octanol–water partition coefficient (Wildman–Crippen LogP) is 2.94. The van der Waals surface area contributed by atoms with Crippen molar-refractivity contribution in [2.45, 2.75) is 13.0 Å². The van der Waals surface area contributed by atoms with Gasteiger partial charge in [0.25, 0.3) is 5.91 Å². The number of anilines is 1. The highest BCUT2D eigenvalue weighted by Crippen LogP contribution is 2.21. The molecule has 2 aromatic carbocycles. The summed E-state index contributed by atoms with van der Waals surface area (Å²) in [6, 6.07) is 16.8. The summed E-state index contributed by atoms with van der Waals surface area (Å²) in [6.07, 6.45) is 2.63. The van der Waals surface area contributed by atoms with Crippen LogP contribution in [0.15, 0.2) is 60.3 Å². The fraction of sp³-hybridized carbons (Fsp3) is 0.304. The van der Waals surface area contributed by atoms with Crippen LogP contribution in [0.4, 0.5) is 10.1 Å². The number of benzene rings is 2. The molecule has 0 spiro atoms. The molecule has 0 aromatic heterocycles. The minimum absolute atomic E-state index is 0.180. The van der Waals surface area contributed by atoms with Gasteiger partial charge in [0.15, 0.2) is 0 Å². The zero-order chi connectivity index (χ0) is 20.2. The van der Waals surface area contributed by atoms with Crippen LogP contribution in [0, 0.1) is 17.1 Å². The van der Waals surface area contributed by atoms with Crippen LogP contribution in [-0.2, 0) is 17.8 Å². The van der Waals surface area contributed by atoms with Crippen molar-refractivity contribution in [1.29, 1.82) is 5.26 Å². The van der Waals surface area contributed by atoms with Gasteiger partial charge in [0, 0.05) is 51.2 Å². The molecule has 4 rings (SSSR count). The number of piperazine rings is 1. The predicted molar refractivity (Wildman–Crippen MR) is 109 cm³/mol. The number of nitrogens with zero attached hydrogens (tertiary/aromatic N) is 4. The number of halogens is 1. The van der Waals surface area contributed by atoms with Gasteiger partial charge in [-0.1, -0.05) is 24.3 Å². The Balaban J connectivity index is 1.39. The Hall–Kier alpha value is -3.33. The van der Waals surface area contributed by atoms with E-state index in [9.17, 15) is 14.4 Å². The summed E-state index contributed by atoms with van der Waals surface area (Å²) in [4.78, 5) is 18.8. The zero-order valence-electron chi connectivity index (χ0n) is 16.2. The third-order valence-electron chi connectivity index (χ3n) is 5.58. The van der Waals surface area contributed by atoms with Crippen LogP contribution in [0.1, 0.15) is 11.1 Å². The smallest absolute Gasteiger partial charge is 0.266 e. The molecule has 1 fully saturated rings. The lowest BCUT2D eigenvalue weighted by atomic mass is 10.00. The van der Waals surface area contributed by atoms with E-state index in [4.69, 9.17) is 0 Å². The van der Waals surface area contributed by atoms with Crippen molar-refractivity contribution in [2.24, 2.45) is 0 Å². The summed E-state index contributed by atoms with van der Waals surface area (Å²) in [5.74, 6) is -0.475. The molecule has 29 heavy (non-hydrogen) atoms. The third kappa shape index (κ3) is 4.24. The van der Waals surface area contributed by atoms with Crippen LogP contribution >= 0.6 is 0 Å². The molecule has 5 nitrogen and oxygen atoms in total. The van der Waals surface area contributed by atoms with Crippen LogP contribution in [-0.4, -0.2) is 48.4 Å². The lowest BCUT2D eigenvalue weighted by molar-refractivity contribution is -0.127. The number of fused-ring (bicyclic) bond motifs is 1. The average Bonchev–Trinajstić information content (AvgIpc) is 2.77. The molecule has 2 heterocycles. The molecule has 0 radical (unpaired) electrons. The number of carbonyl (C=O) groups excluding carboxylic acids is 1. The van der Waals surface area contributed by atoms with Gasteiger partial charge in [-0.25, -0.2) is 4.39 Å². The first-order valence-electron chi connectivity index (χ1n) is 9.86. The fourth-order valence-corrected chi connectivity index (χ4v) is 3.93. The summed E-state index contributed by atoms with van der Waals surface area (Å²) in [5.41, 5.74) is 3.70. The van der Waals surface area contributed by atoms with Gasteiger partial charge in [-0.3, -0.25) is 4.79 Å². The molecule has 0 unspecified atom stereocenters. The van der Waals surface area contributed by atoms with E-state index in [0.717, 1.165) is 18.7 Å². The topological polar surface area (TPSA) is 50.6 Å². The molecule has 2 aliphatic heterocycles. The number of hydrogen-bond donors (Lipinski definition) is 0. The standard InChI is InChI=1S/C23H23FN4O/c24-21-5-7-22(8-6-21)27-11-13-28(14-12-27)23(29)20(15-25)17-26-10-9-18-3-1-2-4-19(18)16-26/h1-8,17H,9-14,16H2/b20-17-. The van der Waals surface area contributed by atoms with Gasteiger partial charge < -0.3 is 14.7 Å². The molecule has 0 saturated carbocycles. The molecule has 0 aliphatic carbocycles. The summed E-state index contributed by atoms with van der Waals surface area (Å²) in [7, 11) is 0. The molecule has 1 amide bonds. The highest BCUT2D eigenvalue weighted by molar-refractivity contribution is 5.97. The maximum Gasteiger partial charge on any atom is 0.266 e. The highest BCUT2D eigenvalue weighted by atomic mass is 19.1. The summed E-state index contributed by atoms with van der Waals surface area (Å²) in [5, 5.41) is 9.57. The first kappa shape index (κ1) is 19.0. The van der Waals surface area contributed by atoms with Crippen LogP contribution in [0.5, 0.6) is 0 Å². The van der Waals surface area contributed by atoms with Crippen LogP contribution in [0.3, 0.4) is 0 Å². The summed E-state index contributed by atoms with van der Waals surface area (Å²) >= 11 is 0. The van der Waals surface area contributed by atoms with E-state index < -0.39 is 0 Å². The third-order valence-corrected chi connectivity index (χ3v) is 5.58. The Morgan fingerprint density at radius 1 is 0.966 bits per heavy atom. The first-order chi connectivity index (χ1) is 14.1. The van der Waals surface area contributed by atoms with Gasteiger partial charge in [-0.05, 0) is 41.8 Å². The lowest BCUT2D eigenvalue weighted by Gasteiger charge is -2.36. The molecule has 0 atom stereocenters. The van der Waals surface area contributed by atoms with Crippen molar-refractivity contribution in [3.8, 4) is 6.07 Å². The lowest BCUT2D eigenvalue weighted by Crippen LogP contribution is -2.49. The van der Waals surface area contributed by atoms with E-state index in [1.807, 2.05) is 17.0 Å². The van der Waals surface area contributed by atoms with E-state index in [1.165, 1.54) is 23.3 Å². The van der Waals surface area contributed by atoms with E-state index in [2.05, 4.69) is 23.1 Å². The normalized spacial score (nSPS) is 17.0. The minimum atomic E-state index is -0.258. The number of amides is 1. The van der Waals surface area contributed by atoms with Crippen molar-refractivity contribution in [3.05, 3.63) is 77.2 Å². The van der Waals surface area contributed by atoms with Crippen molar-refractivity contribution in [2.75, 3.05) is 37.6 Å². The van der Waals surface area contributed by atoms with Gasteiger partial charge in [-0.2, -0.15) is 5.26 Å². The maximum absolute atomic E-state index is 13.1. The van der Waals surface area contributed by atoms with Gasteiger partial charge in [-0.15, -0.1) is 0 Å². The van der Waals surface area contributed by atoms with Gasteiger partial charge in [0.1, 0.15) is 17.5 Å². The van der Waals surface area contributed by atoms with Crippen molar-refractivity contribution in [3.63, 3.8) is 0 Å². The molecule has 0 N–H and O–H groups in total. The second-order valence-electron chi connectivity index (χ2n) is 7.40. The first-order valence-corrected chi connectivity index (χ1v) is 9.86. The molecule has 2 aliphatic rings. The minimum Gasteiger partial charge on any atom is -0.371 e.